The molecule has 2 N–H and O–H groups in total. The van der Waals surface area contributed by atoms with E-state index < -0.39 is 18.1 Å². The maximum atomic E-state index is 12.5. The van der Waals surface area contributed by atoms with Crippen molar-refractivity contribution in [3.63, 3.8) is 0 Å². The molecule has 0 radical (unpaired) electrons. The standard InChI is InChI=1S/C24H27NO4/c1-24(2)12-15(13-24)21(11-22(26)27)25-23(28)29-14-20-18-9-5-3-7-16(18)17-8-4-6-10-19(17)20/h3-10,15,20-21H,11-14H2,1-2H3,(H,25,28)(H,26,27)/t21-/m1/s1. The molecule has 1 amide bonds. The molecule has 0 spiro atoms. The van der Waals surface area contributed by atoms with Gasteiger partial charge in [0.1, 0.15) is 6.61 Å². The lowest BCUT2D eigenvalue weighted by molar-refractivity contribution is -0.138. The lowest BCUT2D eigenvalue weighted by Crippen LogP contribution is -2.49. The van der Waals surface area contributed by atoms with Crippen LogP contribution in [0.4, 0.5) is 4.79 Å². The minimum absolute atomic E-state index is 0.00582. The number of carbonyl (C=O) groups excluding carboxylic acids is 1. The zero-order valence-electron chi connectivity index (χ0n) is 16.9. The fourth-order valence-electron chi connectivity index (χ4n) is 4.96. The largest absolute Gasteiger partial charge is 0.481 e. The molecule has 2 aliphatic carbocycles. The summed E-state index contributed by atoms with van der Waals surface area (Å²) < 4.78 is 5.58. The predicted molar refractivity (Wildman–Crippen MR) is 111 cm³/mol. The molecule has 5 heteroatoms. The monoisotopic (exact) mass is 393 g/mol. The van der Waals surface area contributed by atoms with Gasteiger partial charge in [-0.1, -0.05) is 62.4 Å². The summed E-state index contributed by atoms with van der Waals surface area (Å²) in [5.74, 6) is -0.728. The van der Waals surface area contributed by atoms with Crippen molar-refractivity contribution in [2.45, 2.75) is 45.1 Å². The molecule has 0 saturated heterocycles. The average Bonchev–Trinajstić information content (AvgIpc) is 2.97. The van der Waals surface area contributed by atoms with E-state index in [0.29, 0.717) is 0 Å². The van der Waals surface area contributed by atoms with E-state index in [1.807, 2.05) is 24.3 Å². The highest BCUT2D eigenvalue weighted by Gasteiger charge is 2.42. The Morgan fingerprint density at radius 1 is 1.07 bits per heavy atom. The second-order valence-electron chi connectivity index (χ2n) is 9.01. The second-order valence-corrected chi connectivity index (χ2v) is 9.01. The van der Waals surface area contributed by atoms with Crippen LogP contribution in [0.25, 0.3) is 11.1 Å². The normalized spacial score (nSPS) is 18.3. The number of benzene rings is 2. The number of amides is 1. The smallest absolute Gasteiger partial charge is 0.407 e. The Hall–Kier alpha value is -2.82. The maximum absolute atomic E-state index is 12.5. The number of fused-ring (bicyclic) bond motifs is 3. The molecule has 1 fully saturated rings. The van der Waals surface area contributed by atoms with Gasteiger partial charge in [-0.2, -0.15) is 0 Å². The van der Waals surface area contributed by atoms with Crippen LogP contribution in [0.3, 0.4) is 0 Å². The number of aliphatic carboxylic acids is 1. The SMILES string of the molecule is CC1(C)CC([C@@H](CC(=O)O)NC(=O)OCC2c3ccccc3-c3ccccc32)C1. The summed E-state index contributed by atoms with van der Waals surface area (Å²) in [6, 6.07) is 16.0. The van der Waals surface area contributed by atoms with Crippen molar-refractivity contribution in [3.8, 4) is 11.1 Å². The van der Waals surface area contributed by atoms with E-state index in [2.05, 4.69) is 43.4 Å². The number of ether oxygens (including phenoxy) is 1. The Labute approximate surface area is 171 Å². The van der Waals surface area contributed by atoms with Crippen molar-refractivity contribution in [2.24, 2.45) is 11.3 Å². The molecule has 29 heavy (non-hydrogen) atoms. The van der Waals surface area contributed by atoms with Crippen LogP contribution in [0, 0.1) is 11.3 Å². The Morgan fingerprint density at radius 2 is 1.62 bits per heavy atom. The van der Waals surface area contributed by atoms with Crippen molar-refractivity contribution in [3.05, 3.63) is 59.7 Å². The highest BCUT2D eigenvalue weighted by atomic mass is 16.5. The quantitative estimate of drug-likeness (QED) is 0.739. The number of nitrogens with one attached hydrogen (secondary N) is 1. The lowest BCUT2D eigenvalue weighted by Gasteiger charge is -2.46. The summed E-state index contributed by atoms with van der Waals surface area (Å²) in [4.78, 5) is 23.7. The van der Waals surface area contributed by atoms with Crippen LogP contribution in [-0.4, -0.2) is 29.8 Å². The van der Waals surface area contributed by atoms with Crippen LogP contribution in [0.5, 0.6) is 0 Å². The first-order chi connectivity index (χ1) is 13.8. The summed E-state index contributed by atoms with van der Waals surface area (Å²) in [6.07, 6.45) is 1.21. The van der Waals surface area contributed by atoms with Crippen LogP contribution in [0.1, 0.15) is 50.2 Å². The summed E-state index contributed by atoms with van der Waals surface area (Å²) in [6.45, 7) is 4.55. The maximum Gasteiger partial charge on any atom is 0.407 e. The molecule has 1 saturated carbocycles. The number of hydrogen-bond acceptors (Lipinski definition) is 3. The van der Waals surface area contributed by atoms with E-state index in [1.165, 1.54) is 11.1 Å². The molecule has 4 rings (SSSR count). The Balaban J connectivity index is 1.42. The molecule has 152 valence electrons. The number of carboxylic acids is 1. The average molecular weight is 393 g/mol. The van der Waals surface area contributed by atoms with Gasteiger partial charge in [0.05, 0.1) is 6.42 Å². The van der Waals surface area contributed by atoms with Gasteiger partial charge in [0, 0.05) is 12.0 Å². The van der Waals surface area contributed by atoms with Crippen LogP contribution in [-0.2, 0) is 9.53 Å². The van der Waals surface area contributed by atoms with Gasteiger partial charge in [0.2, 0.25) is 0 Å². The topological polar surface area (TPSA) is 75.6 Å². The molecular weight excluding hydrogens is 366 g/mol. The van der Waals surface area contributed by atoms with E-state index in [9.17, 15) is 14.7 Å². The highest BCUT2D eigenvalue weighted by molar-refractivity contribution is 5.79. The van der Waals surface area contributed by atoms with Gasteiger partial charge in [-0.15, -0.1) is 0 Å². The fraction of sp³-hybridized carbons (Fsp3) is 0.417. The number of carbonyl (C=O) groups is 2. The molecule has 2 aromatic rings. The molecule has 1 atom stereocenters. The minimum Gasteiger partial charge on any atom is -0.481 e. The highest BCUT2D eigenvalue weighted by Crippen LogP contribution is 2.47. The van der Waals surface area contributed by atoms with Gasteiger partial charge in [-0.05, 0) is 46.4 Å². The summed E-state index contributed by atoms with van der Waals surface area (Å²) >= 11 is 0. The Morgan fingerprint density at radius 3 is 2.14 bits per heavy atom. The van der Waals surface area contributed by atoms with E-state index >= 15 is 0 Å². The number of rotatable bonds is 6. The van der Waals surface area contributed by atoms with Crippen LogP contribution < -0.4 is 5.32 Å². The molecule has 2 aromatic carbocycles. The van der Waals surface area contributed by atoms with Crippen LogP contribution in [0.2, 0.25) is 0 Å². The second kappa shape index (κ2) is 7.54. The van der Waals surface area contributed by atoms with Crippen molar-refractivity contribution >= 4 is 12.1 Å². The van der Waals surface area contributed by atoms with Gasteiger partial charge in [0.15, 0.2) is 0 Å². The third kappa shape index (κ3) is 4.00. The molecule has 0 aliphatic heterocycles. The van der Waals surface area contributed by atoms with Crippen LogP contribution >= 0.6 is 0 Å². The minimum atomic E-state index is -0.904. The van der Waals surface area contributed by atoms with Gasteiger partial charge in [-0.25, -0.2) is 4.79 Å². The summed E-state index contributed by atoms with van der Waals surface area (Å²) in [7, 11) is 0. The number of hydrogen-bond donors (Lipinski definition) is 2. The van der Waals surface area contributed by atoms with Crippen molar-refractivity contribution < 1.29 is 19.4 Å². The van der Waals surface area contributed by atoms with Gasteiger partial charge < -0.3 is 15.2 Å². The molecule has 0 heterocycles. The van der Waals surface area contributed by atoms with Gasteiger partial charge in [-0.3, -0.25) is 4.79 Å². The van der Waals surface area contributed by atoms with E-state index in [4.69, 9.17) is 4.74 Å². The van der Waals surface area contributed by atoms with E-state index in [1.54, 1.807) is 0 Å². The third-order valence-corrected chi connectivity index (χ3v) is 6.24. The predicted octanol–water partition coefficient (Wildman–Crippen LogP) is 4.80. The van der Waals surface area contributed by atoms with Crippen molar-refractivity contribution in [2.75, 3.05) is 6.61 Å². The number of carboxylic acid groups (broad SMARTS) is 1. The first-order valence-corrected chi connectivity index (χ1v) is 10.2. The van der Waals surface area contributed by atoms with E-state index in [-0.39, 0.29) is 30.3 Å². The molecule has 0 bridgehead atoms. The van der Waals surface area contributed by atoms with Gasteiger partial charge in [0.25, 0.3) is 0 Å². The summed E-state index contributed by atoms with van der Waals surface area (Å²) in [5, 5.41) is 12.0. The molecular formula is C24H27NO4. The first kappa shape index (κ1) is 19.5. The molecule has 2 aliphatic rings. The van der Waals surface area contributed by atoms with Crippen molar-refractivity contribution in [1.82, 2.24) is 5.32 Å². The van der Waals surface area contributed by atoms with Crippen LogP contribution in [0.15, 0.2) is 48.5 Å². The molecule has 0 unspecified atom stereocenters. The third-order valence-electron chi connectivity index (χ3n) is 6.24. The number of alkyl carbamates (subject to hydrolysis) is 1. The lowest BCUT2D eigenvalue weighted by atomic mass is 9.61. The van der Waals surface area contributed by atoms with E-state index in [0.717, 1.165) is 24.0 Å². The Bertz CT molecular complexity index is 882. The molecule has 0 aromatic heterocycles. The zero-order chi connectivity index (χ0) is 20.6. The fourth-order valence-corrected chi connectivity index (χ4v) is 4.96. The zero-order valence-corrected chi connectivity index (χ0v) is 16.9. The van der Waals surface area contributed by atoms with Gasteiger partial charge >= 0.3 is 12.1 Å². The Kier molecular flexibility index (Phi) is 5.07. The summed E-state index contributed by atoms with van der Waals surface area (Å²) in [5.41, 5.74) is 4.88. The first-order valence-electron chi connectivity index (χ1n) is 10.2. The van der Waals surface area contributed by atoms with Crippen molar-refractivity contribution in [1.29, 1.82) is 0 Å². The molecule has 5 nitrogen and oxygen atoms in total.